The second kappa shape index (κ2) is 11.3. The summed E-state index contributed by atoms with van der Waals surface area (Å²) in [5.74, 6) is 1.42. The van der Waals surface area contributed by atoms with Gasteiger partial charge < -0.3 is 29.2 Å². The molecule has 8 nitrogen and oxygen atoms in total. The normalized spacial score (nSPS) is 19.9. The van der Waals surface area contributed by atoms with Crippen LogP contribution < -0.4 is 14.8 Å². The lowest BCUT2D eigenvalue weighted by atomic mass is 9.96. The number of carbonyl (C=O) groups is 1. The van der Waals surface area contributed by atoms with Crippen molar-refractivity contribution in [3.63, 3.8) is 0 Å². The molecule has 0 radical (unpaired) electrons. The number of ether oxygens (including phenoxy) is 4. The molecule has 8 heteroatoms. The fourth-order valence-corrected chi connectivity index (χ4v) is 4.47. The summed E-state index contributed by atoms with van der Waals surface area (Å²) in [6.07, 6.45) is 6.01. The topological polar surface area (TPSA) is 82.2 Å². The quantitative estimate of drug-likeness (QED) is 0.627. The summed E-state index contributed by atoms with van der Waals surface area (Å²) in [5.41, 5.74) is 1.65. The predicted octanol–water partition coefficient (Wildman–Crippen LogP) is 4.34. The molecular formula is C27H37N3O5. The average molecular weight is 484 g/mol. The van der Waals surface area contributed by atoms with E-state index in [-0.39, 0.29) is 24.3 Å². The monoisotopic (exact) mass is 483 g/mol. The molecule has 0 bridgehead atoms. The molecule has 2 saturated heterocycles. The predicted molar refractivity (Wildman–Crippen MR) is 133 cm³/mol. The number of pyridine rings is 1. The Hall–Kier alpha value is -2.84. The number of piperidine rings is 1. The van der Waals surface area contributed by atoms with Crippen molar-refractivity contribution >= 4 is 6.09 Å². The number of nitrogens with zero attached hydrogens (tertiary/aromatic N) is 2. The molecule has 2 aliphatic heterocycles. The molecule has 3 heterocycles. The SMILES string of the molecule is COc1ccc(C(NC2CCN(C(=O)OC(C)(C)C)CC2)c2cccnc2)cc1O[C@@H]1CCOC1. The summed E-state index contributed by atoms with van der Waals surface area (Å²) in [6, 6.07) is 10.3. The minimum atomic E-state index is -0.490. The molecular weight excluding hydrogens is 446 g/mol. The van der Waals surface area contributed by atoms with Gasteiger partial charge in [-0.3, -0.25) is 4.98 Å². The summed E-state index contributed by atoms with van der Waals surface area (Å²) in [6.45, 7) is 8.30. The number of hydrogen-bond donors (Lipinski definition) is 1. The molecule has 4 rings (SSSR count). The van der Waals surface area contributed by atoms with Crippen LogP contribution in [0.25, 0.3) is 0 Å². The van der Waals surface area contributed by atoms with E-state index in [4.69, 9.17) is 18.9 Å². The van der Waals surface area contributed by atoms with E-state index in [0.717, 1.165) is 36.1 Å². The lowest BCUT2D eigenvalue weighted by molar-refractivity contribution is 0.0196. The van der Waals surface area contributed by atoms with Crippen molar-refractivity contribution in [3.8, 4) is 11.5 Å². The third kappa shape index (κ3) is 6.86. The van der Waals surface area contributed by atoms with Crippen molar-refractivity contribution in [1.82, 2.24) is 15.2 Å². The standard InChI is InChI=1S/C27H37N3O5/c1-27(2,3)35-26(31)30-13-9-21(10-14-30)29-25(20-6-5-12-28-17-20)19-7-8-23(32-4)24(16-19)34-22-11-15-33-18-22/h5-8,12,16-17,21-22,25,29H,9-11,13-15,18H2,1-4H3/t22-,25?/m1/s1. The fourth-order valence-electron chi connectivity index (χ4n) is 4.47. The molecule has 1 aromatic carbocycles. The number of rotatable bonds is 7. The van der Waals surface area contributed by atoms with E-state index in [1.54, 1.807) is 18.2 Å². The number of carbonyl (C=O) groups excluding carboxylic acids is 1. The summed E-state index contributed by atoms with van der Waals surface area (Å²) < 4.78 is 22.8. The van der Waals surface area contributed by atoms with Crippen LogP contribution in [0.2, 0.25) is 0 Å². The van der Waals surface area contributed by atoms with Gasteiger partial charge in [0, 0.05) is 37.9 Å². The maximum absolute atomic E-state index is 12.5. The van der Waals surface area contributed by atoms with Crippen LogP contribution in [0.1, 0.15) is 57.2 Å². The highest BCUT2D eigenvalue weighted by molar-refractivity contribution is 5.68. The van der Waals surface area contributed by atoms with Gasteiger partial charge in [0.2, 0.25) is 0 Å². The van der Waals surface area contributed by atoms with Gasteiger partial charge in [0.05, 0.1) is 26.4 Å². The summed E-state index contributed by atoms with van der Waals surface area (Å²) >= 11 is 0. The third-order valence-electron chi connectivity index (χ3n) is 6.27. The van der Waals surface area contributed by atoms with E-state index >= 15 is 0 Å². The molecule has 0 aliphatic carbocycles. The lowest BCUT2D eigenvalue weighted by Crippen LogP contribution is -2.47. The molecule has 2 fully saturated rings. The molecule has 2 atom stereocenters. The first-order valence-electron chi connectivity index (χ1n) is 12.4. The van der Waals surface area contributed by atoms with Gasteiger partial charge in [-0.1, -0.05) is 12.1 Å². The van der Waals surface area contributed by atoms with Crippen LogP contribution in [-0.4, -0.2) is 67.1 Å². The van der Waals surface area contributed by atoms with E-state index in [0.29, 0.717) is 32.1 Å². The Labute approximate surface area is 207 Å². The highest BCUT2D eigenvalue weighted by Gasteiger charge is 2.29. The van der Waals surface area contributed by atoms with Gasteiger partial charge in [0.15, 0.2) is 11.5 Å². The zero-order valence-corrected chi connectivity index (χ0v) is 21.2. The molecule has 2 aromatic rings. The van der Waals surface area contributed by atoms with Crippen LogP contribution in [0.15, 0.2) is 42.7 Å². The maximum Gasteiger partial charge on any atom is 0.410 e. The second-order valence-corrected chi connectivity index (χ2v) is 10.1. The number of likely N-dealkylation sites (tertiary alicyclic amines) is 1. The van der Waals surface area contributed by atoms with Gasteiger partial charge in [0.25, 0.3) is 0 Å². The van der Waals surface area contributed by atoms with E-state index < -0.39 is 5.60 Å². The largest absolute Gasteiger partial charge is 0.493 e. The summed E-state index contributed by atoms with van der Waals surface area (Å²) in [4.78, 5) is 18.6. The molecule has 1 N–H and O–H groups in total. The van der Waals surface area contributed by atoms with E-state index in [9.17, 15) is 4.79 Å². The van der Waals surface area contributed by atoms with Crippen molar-refractivity contribution in [2.24, 2.45) is 0 Å². The van der Waals surface area contributed by atoms with Crippen molar-refractivity contribution in [3.05, 3.63) is 53.9 Å². The minimum Gasteiger partial charge on any atom is -0.493 e. The molecule has 1 amide bonds. The Morgan fingerprint density at radius 2 is 1.94 bits per heavy atom. The van der Waals surface area contributed by atoms with Gasteiger partial charge in [-0.15, -0.1) is 0 Å². The Bertz CT molecular complexity index is 965. The molecule has 0 saturated carbocycles. The number of nitrogens with one attached hydrogen (secondary N) is 1. The number of hydrogen-bond acceptors (Lipinski definition) is 7. The van der Waals surface area contributed by atoms with Gasteiger partial charge >= 0.3 is 6.09 Å². The molecule has 35 heavy (non-hydrogen) atoms. The smallest absolute Gasteiger partial charge is 0.410 e. The Morgan fingerprint density at radius 1 is 1.14 bits per heavy atom. The van der Waals surface area contributed by atoms with Crippen LogP contribution in [0.4, 0.5) is 4.79 Å². The van der Waals surface area contributed by atoms with Crippen molar-refractivity contribution < 1.29 is 23.7 Å². The Kier molecular flexibility index (Phi) is 8.13. The van der Waals surface area contributed by atoms with Crippen molar-refractivity contribution in [2.45, 2.75) is 63.8 Å². The first-order valence-corrected chi connectivity index (χ1v) is 12.4. The zero-order valence-electron chi connectivity index (χ0n) is 21.2. The number of benzene rings is 1. The highest BCUT2D eigenvalue weighted by Crippen LogP contribution is 2.34. The summed E-state index contributed by atoms with van der Waals surface area (Å²) in [5, 5.41) is 3.81. The summed E-state index contributed by atoms with van der Waals surface area (Å²) in [7, 11) is 1.66. The van der Waals surface area contributed by atoms with E-state index in [1.165, 1.54) is 0 Å². The Morgan fingerprint density at radius 3 is 2.57 bits per heavy atom. The fraction of sp³-hybridized carbons (Fsp3) is 0.556. The van der Waals surface area contributed by atoms with Crippen LogP contribution in [-0.2, 0) is 9.47 Å². The Balaban J connectivity index is 1.49. The molecule has 1 unspecified atom stereocenters. The van der Waals surface area contributed by atoms with Crippen LogP contribution in [0.5, 0.6) is 11.5 Å². The highest BCUT2D eigenvalue weighted by atomic mass is 16.6. The van der Waals surface area contributed by atoms with E-state index in [2.05, 4.69) is 28.5 Å². The number of aromatic nitrogens is 1. The minimum absolute atomic E-state index is 0.0288. The number of methoxy groups -OCH3 is 1. The van der Waals surface area contributed by atoms with Crippen molar-refractivity contribution in [1.29, 1.82) is 0 Å². The first-order chi connectivity index (χ1) is 16.8. The molecule has 190 valence electrons. The van der Waals surface area contributed by atoms with Gasteiger partial charge in [-0.25, -0.2) is 4.79 Å². The van der Waals surface area contributed by atoms with Gasteiger partial charge in [-0.2, -0.15) is 0 Å². The van der Waals surface area contributed by atoms with Gasteiger partial charge in [0.1, 0.15) is 11.7 Å². The van der Waals surface area contributed by atoms with E-state index in [1.807, 2.05) is 39.1 Å². The van der Waals surface area contributed by atoms with Crippen LogP contribution >= 0.6 is 0 Å². The third-order valence-corrected chi connectivity index (χ3v) is 6.27. The molecule has 2 aliphatic rings. The maximum atomic E-state index is 12.5. The number of amides is 1. The average Bonchev–Trinajstić information content (AvgIpc) is 3.35. The van der Waals surface area contributed by atoms with Crippen molar-refractivity contribution in [2.75, 3.05) is 33.4 Å². The lowest BCUT2D eigenvalue weighted by Gasteiger charge is -2.35. The molecule has 1 aromatic heterocycles. The molecule has 0 spiro atoms. The second-order valence-electron chi connectivity index (χ2n) is 10.1. The first kappa shape index (κ1) is 25.3. The zero-order chi connectivity index (χ0) is 24.8. The van der Waals surface area contributed by atoms with Crippen LogP contribution in [0, 0.1) is 0 Å². The van der Waals surface area contributed by atoms with Crippen LogP contribution in [0.3, 0.4) is 0 Å². The van der Waals surface area contributed by atoms with Gasteiger partial charge in [-0.05, 0) is 62.9 Å².